The maximum atomic E-state index is 11.9. The van der Waals surface area contributed by atoms with Crippen LogP contribution in [0.2, 0.25) is 0 Å². The van der Waals surface area contributed by atoms with Crippen molar-refractivity contribution in [2.24, 2.45) is 5.92 Å². The van der Waals surface area contributed by atoms with Gasteiger partial charge in [-0.25, -0.2) is 4.79 Å². The van der Waals surface area contributed by atoms with Gasteiger partial charge in [0, 0.05) is 27.7 Å². The number of aliphatic carboxylic acids is 1. The van der Waals surface area contributed by atoms with Gasteiger partial charge in [-0.05, 0) is 31.5 Å². The highest BCUT2D eigenvalue weighted by molar-refractivity contribution is 7.80. The lowest BCUT2D eigenvalue weighted by Crippen LogP contribution is -2.68. The van der Waals surface area contributed by atoms with Crippen molar-refractivity contribution >= 4 is 47.2 Å². The van der Waals surface area contributed by atoms with Crippen molar-refractivity contribution in [3.05, 3.63) is 0 Å². The van der Waals surface area contributed by atoms with Gasteiger partial charge >= 0.3 is 29.8 Å². The molecule has 0 amide bonds. The van der Waals surface area contributed by atoms with Gasteiger partial charge in [-0.1, -0.05) is 13.8 Å². The smallest absolute Gasteiger partial charge is 0.329 e. The molecule has 36 heavy (non-hydrogen) atoms. The molecule has 1 fully saturated rings. The van der Waals surface area contributed by atoms with Crippen molar-refractivity contribution < 1.29 is 52.8 Å². The van der Waals surface area contributed by atoms with Gasteiger partial charge in [0.25, 0.3) is 0 Å². The predicted molar refractivity (Wildman–Crippen MR) is 126 cm³/mol. The van der Waals surface area contributed by atoms with Gasteiger partial charge in [-0.3, -0.25) is 19.2 Å². The first-order valence-corrected chi connectivity index (χ1v) is 11.6. The summed E-state index contributed by atoms with van der Waals surface area (Å²) in [6.45, 7) is 9.22. The standard InChI is InChI=1S/C22H34N2O11S/c1-10(2)8-22(7,20(29)30)24-21(36)23-19-18(34-14(6)28)17(33-13(5)27)16(32-12(4)26)15(35-19)9-31-11(3)25/h10,15-19H,8-9H2,1-7H3,(H,29,30)(H2,23,24,36)/t15-,16-,17+,18-,19-,22+/m1/s1. The molecule has 1 saturated heterocycles. The summed E-state index contributed by atoms with van der Waals surface area (Å²) in [5, 5.41) is 15.0. The van der Waals surface area contributed by atoms with E-state index in [0.29, 0.717) is 0 Å². The molecule has 0 unspecified atom stereocenters. The summed E-state index contributed by atoms with van der Waals surface area (Å²) < 4.78 is 26.9. The summed E-state index contributed by atoms with van der Waals surface area (Å²) >= 11 is 5.31. The van der Waals surface area contributed by atoms with Crippen molar-refractivity contribution in [3.63, 3.8) is 0 Å². The van der Waals surface area contributed by atoms with E-state index >= 15 is 0 Å². The Hall–Kier alpha value is -3.00. The van der Waals surface area contributed by atoms with Crippen LogP contribution in [0, 0.1) is 5.92 Å². The maximum Gasteiger partial charge on any atom is 0.329 e. The zero-order chi connectivity index (χ0) is 27.8. The van der Waals surface area contributed by atoms with E-state index in [1.54, 1.807) is 0 Å². The Morgan fingerprint density at radius 1 is 0.917 bits per heavy atom. The molecule has 0 bridgehead atoms. The summed E-state index contributed by atoms with van der Waals surface area (Å²) in [4.78, 5) is 58.9. The summed E-state index contributed by atoms with van der Waals surface area (Å²) in [6, 6.07) is 0. The molecule has 14 heteroatoms. The summed E-state index contributed by atoms with van der Waals surface area (Å²) in [6.07, 6.45) is -6.35. The molecule has 204 valence electrons. The summed E-state index contributed by atoms with van der Waals surface area (Å²) in [5.74, 6) is -4.11. The van der Waals surface area contributed by atoms with E-state index < -0.39 is 72.6 Å². The highest BCUT2D eigenvalue weighted by Gasteiger charge is 2.52. The SMILES string of the molecule is CC(=O)OC[C@H]1O[C@@H](NC(=S)N[C@@](C)(CC(C)C)C(=O)O)[C@H](OC(C)=O)[C@@H](OC(C)=O)[C@@H]1OC(C)=O. The van der Waals surface area contributed by atoms with Gasteiger partial charge in [0.2, 0.25) is 0 Å². The fourth-order valence-electron chi connectivity index (χ4n) is 3.77. The van der Waals surface area contributed by atoms with Crippen LogP contribution in [0.15, 0.2) is 0 Å². The Morgan fingerprint density at radius 2 is 1.42 bits per heavy atom. The second-order valence-corrected chi connectivity index (χ2v) is 9.36. The summed E-state index contributed by atoms with van der Waals surface area (Å²) in [5.41, 5.74) is -1.45. The highest BCUT2D eigenvalue weighted by atomic mass is 32.1. The van der Waals surface area contributed by atoms with Crippen LogP contribution in [-0.4, -0.2) is 82.9 Å². The lowest BCUT2D eigenvalue weighted by molar-refractivity contribution is -0.255. The lowest BCUT2D eigenvalue weighted by atomic mass is 9.91. The van der Waals surface area contributed by atoms with E-state index in [2.05, 4.69) is 10.6 Å². The minimum absolute atomic E-state index is 0.00655. The molecule has 1 heterocycles. The van der Waals surface area contributed by atoms with Crippen LogP contribution < -0.4 is 10.6 Å². The van der Waals surface area contributed by atoms with E-state index in [0.717, 1.165) is 27.7 Å². The number of hydrogen-bond donors (Lipinski definition) is 3. The number of rotatable bonds is 10. The second-order valence-electron chi connectivity index (χ2n) is 8.95. The molecule has 3 N–H and O–H groups in total. The monoisotopic (exact) mass is 534 g/mol. The molecule has 0 radical (unpaired) electrons. The second kappa shape index (κ2) is 13.3. The molecule has 0 aromatic carbocycles. The molecule has 1 rings (SSSR count). The Labute approximate surface area is 214 Å². The number of thiocarbonyl (C=S) groups is 1. The number of nitrogens with one attached hydrogen (secondary N) is 2. The first kappa shape index (κ1) is 31.0. The van der Waals surface area contributed by atoms with Crippen molar-refractivity contribution in [1.82, 2.24) is 10.6 Å². The van der Waals surface area contributed by atoms with Crippen LogP contribution in [0.25, 0.3) is 0 Å². The Bertz CT molecular complexity index is 865. The first-order chi connectivity index (χ1) is 16.6. The molecular formula is C22H34N2O11S. The van der Waals surface area contributed by atoms with Crippen molar-refractivity contribution in [1.29, 1.82) is 0 Å². The third-order valence-corrected chi connectivity index (χ3v) is 5.16. The fraction of sp³-hybridized carbons (Fsp3) is 0.727. The highest BCUT2D eigenvalue weighted by Crippen LogP contribution is 2.28. The van der Waals surface area contributed by atoms with Crippen molar-refractivity contribution in [3.8, 4) is 0 Å². The van der Waals surface area contributed by atoms with E-state index in [1.165, 1.54) is 6.92 Å². The third kappa shape index (κ3) is 9.57. The molecule has 0 spiro atoms. The van der Waals surface area contributed by atoms with Crippen LogP contribution in [0.3, 0.4) is 0 Å². The number of carbonyl (C=O) groups is 5. The van der Waals surface area contributed by atoms with Crippen LogP contribution >= 0.6 is 12.2 Å². The molecule has 0 aromatic heterocycles. The van der Waals surface area contributed by atoms with E-state index in [4.69, 9.17) is 35.9 Å². The van der Waals surface area contributed by atoms with Gasteiger partial charge in [-0.15, -0.1) is 0 Å². The van der Waals surface area contributed by atoms with E-state index in [9.17, 15) is 29.1 Å². The molecule has 6 atom stereocenters. The van der Waals surface area contributed by atoms with Gasteiger partial charge < -0.3 is 39.4 Å². The van der Waals surface area contributed by atoms with Crippen LogP contribution in [0.1, 0.15) is 54.9 Å². The maximum absolute atomic E-state index is 11.9. The average molecular weight is 535 g/mol. The van der Waals surface area contributed by atoms with Crippen LogP contribution in [0.4, 0.5) is 0 Å². The quantitative estimate of drug-likeness (QED) is 0.200. The van der Waals surface area contributed by atoms with Gasteiger partial charge in [0.1, 0.15) is 18.2 Å². The number of carboxylic acid groups (broad SMARTS) is 1. The fourth-order valence-corrected chi connectivity index (χ4v) is 4.11. The molecule has 0 aromatic rings. The number of esters is 4. The van der Waals surface area contributed by atoms with Crippen LogP contribution in [0.5, 0.6) is 0 Å². The number of hydrogen-bond acceptors (Lipinski definition) is 11. The first-order valence-electron chi connectivity index (χ1n) is 11.2. The molecule has 0 saturated carbocycles. The van der Waals surface area contributed by atoms with Crippen LogP contribution in [-0.2, 0) is 47.7 Å². The Balaban J connectivity index is 3.37. The molecule has 13 nitrogen and oxygen atoms in total. The average Bonchev–Trinajstić information content (AvgIpc) is 2.69. The molecule has 0 aliphatic carbocycles. The normalized spacial score (nSPS) is 25.1. The Morgan fingerprint density at radius 3 is 1.86 bits per heavy atom. The van der Waals surface area contributed by atoms with Crippen molar-refractivity contribution in [2.75, 3.05) is 6.61 Å². The van der Waals surface area contributed by atoms with Gasteiger partial charge in [-0.2, -0.15) is 0 Å². The third-order valence-electron chi connectivity index (χ3n) is 4.94. The molecule has 1 aliphatic heterocycles. The minimum Gasteiger partial charge on any atom is -0.480 e. The number of carbonyl (C=O) groups excluding carboxylic acids is 4. The van der Waals surface area contributed by atoms with E-state index in [-0.39, 0.29) is 17.5 Å². The largest absolute Gasteiger partial charge is 0.480 e. The molecular weight excluding hydrogens is 500 g/mol. The van der Waals surface area contributed by atoms with E-state index in [1.807, 2.05) is 13.8 Å². The number of ether oxygens (including phenoxy) is 5. The van der Waals surface area contributed by atoms with Gasteiger partial charge in [0.15, 0.2) is 29.7 Å². The number of carboxylic acids is 1. The predicted octanol–water partition coefficient (Wildman–Crippen LogP) is 0.423. The summed E-state index contributed by atoms with van der Waals surface area (Å²) in [7, 11) is 0. The zero-order valence-corrected chi connectivity index (χ0v) is 22.1. The minimum atomic E-state index is -1.45. The Kier molecular flexibility index (Phi) is 11.5. The lowest BCUT2D eigenvalue weighted by Gasteiger charge is -2.45. The van der Waals surface area contributed by atoms with Gasteiger partial charge in [0.05, 0.1) is 0 Å². The van der Waals surface area contributed by atoms with Crippen molar-refractivity contribution in [2.45, 2.75) is 91.1 Å². The topological polar surface area (TPSA) is 176 Å². The molecule has 1 aliphatic rings. The zero-order valence-electron chi connectivity index (χ0n) is 21.3.